The van der Waals surface area contributed by atoms with Crippen LogP contribution in [-0.4, -0.2) is 24.4 Å². The lowest BCUT2D eigenvalue weighted by Gasteiger charge is -2.22. The first kappa shape index (κ1) is 28.0. The minimum atomic E-state index is -3.45. The van der Waals surface area contributed by atoms with Crippen molar-refractivity contribution in [1.29, 1.82) is 0 Å². The molecule has 0 saturated carbocycles. The van der Waals surface area contributed by atoms with E-state index in [1.807, 2.05) is 24.3 Å². The molecule has 0 bridgehead atoms. The second-order valence-electron chi connectivity index (χ2n) is 8.72. The zero-order valence-electron chi connectivity index (χ0n) is 21.6. The van der Waals surface area contributed by atoms with Gasteiger partial charge in [-0.15, -0.1) is 0 Å². The number of rotatable bonds is 11. The van der Waals surface area contributed by atoms with Crippen molar-refractivity contribution in [3.05, 3.63) is 101 Å². The van der Waals surface area contributed by atoms with Gasteiger partial charge < -0.3 is 0 Å². The third kappa shape index (κ3) is 9.09. The molecule has 6 nitrogen and oxygen atoms in total. The Balaban J connectivity index is 1.66. The molecule has 37 heavy (non-hydrogen) atoms. The number of sulfonamides is 1. The lowest BCUT2D eigenvalue weighted by Crippen LogP contribution is -2.31. The molecule has 0 saturated heterocycles. The second kappa shape index (κ2) is 13.6. The number of hydrogen-bond donors (Lipinski definition) is 0. The normalized spacial score (nSPS) is 11.0. The molecule has 194 valence electrons. The Morgan fingerprint density at radius 3 is 1.73 bits per heavy atom. The Morgan fingerprint density at radius 1 is 0.784 bits per heavy atom. The third-order valence-electron chi connectivity index (χ3n) is 5.73. The van der Waals surface area contributed by atoms with Crippen LogP contribution >= 0.6 is 0 Å². The van der Waals surface area contributed by atoms with Gasteiger partial charge in [-0.3, -0.25) is 9.78 Å². The number of unbranched alkanes of at least 4 members (excludes halogenated alkanes) is 1. The molecular weight excluding hydrogens is 486 g/mol. The van der Waals surface area contributed by atoms with Crippen molar-refractivity contribution in [3.8, 4) is 17.6 Å². The molecule has 3 aromatic rings. The first-order chi connectivity index (χ1) is 17.8. The van der Waals surface area contributed by atoms with E-state index in [1.165, 1.54) is 29.6 Å². The van der Waals surface area contributed by atoms with E-state index in [0.29, 0.717) is 5.75 Å². The van der Waals surface area contributed by atoms with E-state index in [4.69, 9.17) is 4.89 Å². The zero-order chi connectivity index (χ0) is 26.7. The second-order valence-corrected chi connectivity index (χ2v) is 11.0. The van der Waals surface area contributed by atoms with E-state index in [9.17, 15) is 13.2 Å². The Labute approximate surface area is 220 Å². The van der Waals surface area contributed by atoms with Gasteiger partial charge in [-0.2, -0.15) is 4.31 Å². The van der Waals surface area contributed by atoms with Crippen LogP contribution in [0.15, 0.2) is 72.8 Å². The van der Waals surface area contributed by atoms with Gasteiger partial charge in [0.15, 0.2) is 5.75 Å². The average Bonchev–Trinajstić information content (AvgIpc) is 2.91. The minimum Gasteiger partial charge on any atom is -0.287 e. The summed E-state index contributed by atoms with van der Waals surface area (Å²) in [6.07, 6.45) is 3.46. The van der Waals surface area contributed by atoms with Crippen molar-refractivity contribution in [2.24, 2.45) is 0 Å². The van der Waals surface area contributed by atoms with Crippen LogP contribution in [0.4, 0.5) is 0 Å². The highest BCUT2D eigenvalue weighted by atomic mass is 32.2. The molecule has 0 aliphatic heterocycles. The molecule has 7 heteroatoms. The van der Waals surface area contributed by atoms with Gasteiger partial charge in [-0.1, -0.05) is 61.6 Å². The number of carbonyl (C=O) groups excluding carboxylic acids is 1. The van der Waals surface area contributed by atoms with E-state index >= 15 is 0 Å². The SMILES string of the molecule is CCCCc1ccc(C#Cc2ccc(CN(Cc3ccc(OOC(C)=O)cc3)S(=O)(=O)CC)cc2)cc1. The molecule has 3 aromatic carbocycles. The highest BCUT2D eigenvalue weighted by molar-refractivity contribution is 7.89. The maximum atomic E-state index is 12.8. The fraction of sp³-hybridized carbons (Fsp3) is 0.300. The molecule has 0 unspecified atom stereocenters. The Bertz CT molecular complexity index is 1320. The maximum Gasteiger partial charge on any atom is 0.352 e. The summed E-state index contributed by atoms with van der Waals surface area (Å²) in [7, 11) is -3.45. The van der Waals surface area contributed by atoms with Crippen LogP contribution in [0.5, 0.6) is 5.75 Å². The van der Waals surface area contributed by atoms with Gasteiger partial charge in [-0.25, -0.2) is 13.2 Å². The molecule has 0 spiro atoms. The first-order valence-corrected chi connectivity index (χ1v) is 14.0. The molecule has 0 aliphatic rings. The zero-order valence-corrected chi connectivity index (χ0v) is 22.4. The number of carbonyl (C=O) groups is 1. The van der Waals surface area contributed by atoms with E-state index in [0.717, 1.165) is 28.7 Å². The van der Waals surface area contributed by atoms with Crippen LogP contribution in [0.3, 0.4) is 0 Å². The van der Waals surface area contributed by atoms with E-state index in [-0.39, 0.29) is 18.8 Å². The van der Waals surface area contributed by atoms with Crippen molar-refractivity contribution in [2.45, 2.75) is 53.1 Å². The first-order valence-electron chi connectivity index (χ1n) is 12.4. The highest BCUT2D eigenvalue weighted by Crippen LogP contribution is 2.18. The smallest absolute Gasteiger partial charge is 0.287 e. The quantitative estimate of drug-likeness (QED) is 0.186. The van der Waals surface area contributed by atoms with Gasteiger partial charge in [0.05, 0.1) is 5.75 Å². The summed E-state index contributed by atoms with van der Waals surface area (Å²) < 4.78 is 27.0. The van der Waals surface area contributed by atoms with Crippen LogP contribution in [0, 0.1) is 11.8 Å². The van der Waals surface area contributed by atoms with Gasteiger partial charge in [0.1, 0.15) is 0 Å². The minimum absolute atomic E-state index is 0.00143. The van der Waals surface area contributed by atoms with E-state index in [2.05, 4.69) is 47.9 Å². The summed E-state index contributed by atoms with van der Waals surface area (Å²) in [5.41, 5.74) is 4.82. The average molecular weight is 520 g/mol. The van der Waals surface area contributed by atoms with Gasteiger partial charge in [-0.05, 0) is 72.9 Å². The molecule has 0 aromatic heterocycles. The summed E-state index contributed by atoms with van der Waals surface area (Å²) in [5.74, 6) is 6.18. The summed E-state index contributed by atoms with van der Waals surface area (Å²) in [5, 5.41) is 0. The Kier molecular flexibility index (Phi) is 10.3. The maximum absolute atomic E-state index is 12.8. The molecule has 0 N–H and O–H groups in total. The van der Waals surface area contributed by atoms with Crippen LogP contribution < -0.4 is 4.89 Å². The van der Waals surface area contributed by atoms with Crippen molar-refractivity contribution < 1.29 is 23.0 Å². The molecule has 0 aliphatic carbocycles. The summed E-state index contributed by atoms with van der Waals surface area (Å²) in [4.78, 5) is 20.3. The largest absolute Gasteiger partial charge is 0.352 e. The number of hydrogen-bond acceptors (Lipinski definition) is 5. The number of benzene rings is 3. The molecule has 3 rings (SSSR count). The van der Waals surface area contributed by atoms with E-state index in [1.54, 1.807) is 31.2 Å². The standard InChI is InChI=1S/C30H33NO5S/c1-4-6-7-25-8-10-26(11-9-25)12-13-27-14-16-28(17-15-27)22-31(37(33,34)5-2)23-29-18-20-30(21-19-29)36-35-24(3)32/h8-11,14-21H,4-7,22-23H2,1-3H3. The van der Waals surface area contributed by atoms with Crippen molar-refractivity contribution >= 4 is 16.0 Å². The lowest BCUT2D eigenvalue weighted by atomic mass is 10.1. The van der Waals surface area contributed by atoms with Gasteiger partial charge in [0.2, 0.25) is 10.0 Å². The van der Waals surface area contributed by atoms with Crippen LogP contribution in [0.25, 0.3) is 0 Å². The Morgan fingerprint density at radius 2 is 1.27 bits per heavy atom. The lowest BCUT2D eigenvalue weighted by molar-refractivity contribution is -0.210. The Hall–Kier alpha value is -3.60. The predicted octanol–water partition coefficient (Wildman–Crippen LogP) is 5.64. The van der Waals surface area contributed by atoms with Gasteiger partial charge in [0.25, 0.3) is 0 Å². The van der Waals surface area contributed by atoms with Crippen molar-refractivity contribution in [3.63, 3.8) is 0 Å². The molecule has 0 heterocycles. The van der Waals surface area contributed by atoms with Crippen molar-refractivity contribution in [1.82, 2.24) is 4.31 Å². The number of aryl methyl sites for hydroxylation is 1. The highest BCUT2D eigenvalue weighted by Gasteiger charge is 2.21. The van der Waals surface area contributed by atoms with Crippen LogP contribution in [0.1, 0.15) is 61.4 Å². The molecule has 0 radical (unpaired) electrons. The van der Waals surface area contributed by atoms with Crippen molar-refractivity contribution in [2.75, 3.05) is 5.75 Å². The monoisotopic (exact) mass is 519 g/mol. The van der Waals surface area contributed by atoms with Crippen LogP contribution in [-0.2, 0) is 39.2 Å². The fourth-order valence-electron chi connectivity index (χ4n) is 3.57. The fourth-order valence-corrected chi connectivity index (χ4v) is 4.63. The number of nitrogens with zero attached hydrogens (tertiary/aromatic N) is 1. The molecule has 0 fully saturated rings. The molecule has 0 amide bonds. The molecule has 0 atom stereocenters. The summed E-state index contributed by atoms with van der Waals surface area (Å²) in [6.45, 7) is 5.52. The third-order valence-corrected chi connectivity index (χ3v) is 7.51. The topological polar surface area (TPSA) is 72.9 Å². The van der Waals surface area contributed by atoms with Gasteiger partial charge in [0, 0.05) is 31.1 Å². The predicted molar refractivity (Wildman–Crippen MR) is 145 cm³/mol. The van der Waals surface area contributed by atoms with Crippen LogP contribution in [0.2, 0.25) is 0 Å². The van der Waals surface area contributed by atoms with E-state index < -0.39 is 16.0 Å². The summed E-state index contributed by atoms with van der Waals surface area (Å²) in [6, 6.07) is 22.7. The van der Waals surface area contributed by atoms with Gasteiger partial charge >= 0.3 is 5.97 Å². The molecular formula is C30H33NO5S. The summed E-state index contributed by atoms with van der Waals surface area (Å²) >= 11 is 0.